The number of anilines is 1. The van der Waals surface area contributed by atoms with E-state index in [1.54, 1.807) is 6.20 Å². The van der Waals surface area contributed by atoms with Crippen LogP contribution in [0.1, 0.15) is 36.7 Å². The molecule has 1 aliphatic carbocycles. The highest BCUT2D eigenvalue weighted by Crippen LogP contribution is 2.50. The van der Waals surface area contributed by atoms with Crippen LogP contribution in [0.15, 0.2) is 17.1 Å². The molecule has 2 aliphatic rings. The number of hydrogen-bond donors (Lipinski definition) is 2. The standard InChI is InChI=1S/C15H18FN5O/c1-8-6-11(16)14(17-7-8)21-5-4-10(9-2-3-9)12(21)13-18-15(22)20-19-13/h6-7,9-10,12H,2-5H2,1H3,(H2,18,19,20,22). The Hall–Kier alpha value is -2.18. The molecular formula is C15H18FN5O. The zero-order valence-electron chi connectivity index (χ0n) is 12.3. The number of halogens is 1. The zero-order valence-corrected chi connectivity index (χ0v) is 12.3. The number of pyridine rings is 1. The molecule has 1 aliphatic heterocycles. The van der Waals surface area contributed by atoms with Gasteiger partial charge in [0.2, 0.25) is 0 Å². The molecule has 1 saturated heterocycles. The molecule has 2 atom stereocenters. The number of H-pyrrole nitrogens is 2. The van der Waals surface area contributed by atoms with Crippen molar-refractivity contribution in [2.75, 3.05) is 11.4 Å². The van der Waals surface area contributed by atoms with Crippen molar-refractivity contribution in [2.24, 2.45) is 11.8 Å². The fraction of sp³-hybridized carbons (Fsp3) is 0.533. The van der Waals surface area contributed by atoms with Gasteiger partial charge in [-0.3, -0.25) is 4.98 Å². The van der Waals surface area contributed by atoms with Crippen molar-refractivity contribution < 1.29 is 4.39 Å². The minimum absolute atomic E-state index is 0.115. The Kier molecular flexibility index (Phi) is 3.02. The summed E-state index contributed by atoms with van der Waals surface area (Å²) >= 11 is 0. The molecular weight excluding hydrogens is 285 g/mol. The van der Waals surface area contributed by atoms with E-state index >= 15 is 0 Å². The molecule has 22 heavy (non-hydrogen) atoms. The molecule has 0 radical (unpaired) electrons. The Morgan fingerprint density at radius 1 is 1.36 bits per heavy atom. The molecule has 0 spiro atoms. The van der Waals surface area contributed by atoms with Crippen molar-refractivity contribution in [1.29, 1.82) is 0 Å². The number of aromatic nitrogens is 4. The molecule has 2 N–H and O–H groups in total. The summed E-state index contributed by atoms with van der Waals surface area (Å²) in [7, 11) is 0. The Labute approximate surface area is 126 Å². The van der Waals surface area contributed by atoms with E-state index in [0.717, 1.165) is 18.5 Å². The molecule has 1 saturated carbocycles. The first kappa shape index (κ1) is 13.5. The molecule has 7 heteroatoms. The van der Waals surface area contributed by atoms with Crippen LogP contribution in [0.4, 0.5) is 10.2 Å². The van der Waals surface area contributed by atoms with Gasteiger partial charge in [-0.25, -0.2) is 19.3 Å². The van der Waals surface area contributed by atoms with Crippen molar-refractivity contribution in [3.63, 3.8) is 0 Å². The molecule has 116 valence electrons. The van der Waals surface area contributed by atoms with Crippen molar-refractivity contribution in [3.05, 3.63) is 40.0 Å². The number of nitrogens with one attached hydrogen (secondary N) is 2. The monoisotopic (exact) mass is 303 g/mol. The van der Waals surface area contributed by atoms with Gasteiger partial charge in [-0.1, -0.05) is 0 Å². The first-order valence-corrected chi connectivity index (χ1v) is 7.67. The SMILES string of the molecule is Cc1cnc(N2CCC(C3CC3)C2c2n[nH]c(=O)[nH]2)c(F)c1. The van der Waals surface area contributed by atoms with E-state index in [1.807, 2.05) is 11.8 Å². The van der Waals surface area contributed by atoms with Gasteiger partial charge in [0, 0.05) is 12.7 Å². The van der Waals surface area contributed by atoms with Gasteiger partial charge >= 0.3 is 5.69 Å². The van der Waals surface area contributed by atoms with Gasteiger partial charge in [0.05, 0.1) is 6.04 Å². The van der Waals surface area contributed by atoms with E-state index in [0.29, 0.717) is 23.5 Å². The number of aryl methyl sites for hydroxylation is 1. The minimum atomic E-state index is -0.325. The Bertz CT molecular complexity index is 750. The van der Waals surface area contributed by atoms with Crippen LogP contribution >= 0.6 is 0 Å². The highest BCUT2D eigenvalue weighted by molar-refractivity contribution is 5.45. The molecule has 0 bridgehead atoms. The predicted octanol–water partition coefficient (Wildman–Crippen LogP) is 1.92. The van der Waals surface area contributed by atoms with Crippen LogP contribution in [-0.2, 0) is 0 Å². The zero-order chi connectivity index (χ0) is 15.3. The van der Waals surface area contributed by atoms with Gasteiger partial charge in [-0.05, 0) is 49.7 Å². The molecule has 0 amide bonds. The first-order valence-electron chi connectivity index (χ1n) is 7.67. The Morgan fingerprint density at radius 2 is 2.18 bits per heavy atom. The molecule has 2 unspecified atom stereocenters. The Morgan fingerprint density at radius 3 is 2.82 bits per heavy atom. The maximum absolute atomic E-state index is 14.3. The molecule has 0 aromatic carbocycles. The third-order valence-electron chi connectivity index (χ3n) is 4.70. The molecule has 3 heterocycles. The average molecular weight is 303 g/mol. The topological polar surface area (TPSA) is 77.7 Å². The van der Waals surface area contributed by atoms with Gasteiger partial charge in [0.15, 0.2) is 17.5 Å². The minimum Gasteiger partial charge on any atom is -0.344 e. The quantitative estimate of drug-likeness (QED) is 0.908. The lowest BCUT2D eigenvalue weighted by Crippen LogP contribution is -2.29. The highest BCUT2D eigenvalue weighted by Gasteiger charge is 2.46. The van der Waals surface area contributed by atoms with Gasteiger partial charge in [0.1, 0.15) is 0 Å². The van der Waals surface area contributed by atoms with E-state index in [1.165, 1.54) is 18.9 Å². The lowest BCUT2D eigenvalue weighted by atomic mass is 9.94. The molecule has 4 rings (SSSR count). The first-order chi connectivity index (χ1) is 10.6. The number of nitrogens with zero attached hydrogens (tertiary/aromatic N) is 3. The van der Waals surface area contributed by atoms with Crippen LogP contribution in [0.2, 0.25) is 0 Å². The summed E-state index contributed by atoms with van der Waals surface area (Å²) in [6.45, 7) is 2.55. The molecule has 2 fully saturated rings. The van der Waals surface area contributed by atoms with E-state index < -0.39 is 0 Å². The largest absolute Gasteiger partial charge is 0.344 e. The van der Waals surface area contributed by atoms with Gasteiger partial charge in [-0.15, -0.1) is 0 Å². The predicted molar refractivity (Wildman–Crippen MR) is 79.1 cm³/mol. The summed E-state index contributed by atoms with van der Waals surface area (Å²) in [6, 6.07) is 1.38. The Balaban J connectivity index is 1.75. The van der Waals surface area contributed by atoms with Crippen LogP contribution in [0, 0.1) is 24.6 Å². The third-order valence-corrected chi connectivity index (χ3v) is 4.70. The number of hydrogen-bond acceptors (Lipinski definition) is 4. The van der Waals surface area contributed by atoms with Crippen LogP contribution in [0.25, 0.3) is 0 Å². The maximum Gasteiger partial charge on any atom is 0.340 e. The summed E-state index contributed by atoms with van der Waals surface area (Å²) in [5.41, 5.74) is 0.470. The molecule has 2 aromatic rings. The van der Waals surface area contributed by atoms with E-state index in [4.69, 9.17) is 0 Å². The van der Waals surface area contributed by atoms with Gasteiger partial charge in [-0.2, -0.15) is 5.10 Å². The summed E-state index contributed by atoms with van der Waals surface area (Å²) in [4.78, 5) is 20.4. The normalized spacial score (nSPS) is 24.9. The van der Waals surface area contributed by atoms with Gasteiger partial charge in [0.25, 0.3) is 0 Å². The van der Waals surface area contributed by atoms with Crippen LogP contribution in [0.5, 0.6) is 0 Å². The lowest BCUT2D eigenvalue weighted by Gasteiger charge is -2.27. The van der Waals surface area contributed by atoms with Crippen LogP contribution in [-0.4, -0.2) is 26.7 Å². The van der Waals surface area contributed by atoms with E-state index in [9.17, 15) is 9.18 Å². The lowest BCUT2D eigenvalue weighted by molar-refractivity contribution is 0.412. The maximum atomic E-state index is 14.3. The van der Waals surface area contributed by atoms with Crippen molar-refractivity contribution in [3.8, 4) is 0 Å². The number of aromatic amines is 2. The summed E-state index contributed by atoms with van der Waals surface area (Å²) in [5.74, 6) is 1.65. The molecule has 2 aromatic heterocycles. The van der Waals surface area contributed by atoms with Crippen LogP contribution in [0.3, 0.4) is 0 Å². The van der Waals surface area contributed by atoms with Crippen molar-refractivity contribution >= 4 is 5.82 Å². The van der Waals surface area contributed by atoms with E-state index in [2.05, 4.69) is 20.2 Å². The average Bonchev–Trinajstić information content (AvgIpc) is 3.09. The fourth-order valence-electron chi connectivity index (χ4n) is 3.58. The third kappa shape index (κ3) is 2.20. The number of rotatable bonds is 3. The van der Waals surface area contributed by atoms with Crippen molar-refractivity contribution in [2.45, 2.75) is 32.2 Å². The second-order valence-electron chi connectivity index (χ2n) is 6.31. The summed E-state index contributed by atoms with van der Waals surface area (Å²) in [5, 5.41) is 6.52. The smallest absolute Gasteiger partial charge is 0.340 e. The summed E-state index contributed by atoms with van der Waals surface area (Å²) in [6.07, 6.45) is 5.05. The van der Waals surface area contributed by atoms with E-state index in [-0.39, 0.29) is 17.5 Å². The van der Waals surface area contributed by atoms with Crippen LogP contribution < -0.4 is 10.6 Å². The molecule has 6 nitrogen and oxygen atoms in total. The van der Waals surface area contributed by atoms with Crippen molar-refractivity contribution in [1.82, 2.24) is 20.2 Å². The van der Waals surface area contributed by atoms with Gasteiger partial charge < -0.3 is 4.90 Å². The highest BCUT2D eigenvalue weighted by atomic mass is 19.1. The summed E-state index contributed by atoms with van der Waals surface area (Å²) < 4.78 is 14.3. The second kappa shape index (κ2) is 4.93. The fourth-order valence-corrected chi connectivity index (χ4v) is 3.58. The second-order valence-corrected chi connectivity index (χ2v) is 6.31.